The fourth-order valence-corrected chi connectivity index (χ4v) is 2.33. The van der Waals surface area contributed by atoms with Crippen molar-refractivity contribution in [3.63, 3.8) is 0 Å². The van der Waals surface area contributed by atoms with Crippen LogP contribution in [-0.2, 0) is 6.54 Å². The summed E-state index contributed by atoms with van der Waals surface area (Å²) in [5.41, 5.74) is 1.12. The molecule has 1 aromatic carbocycles. The van der Waals surface area contributed by atoms with Gasteiger partial charge < -0.3 is 10.2 Å². The topological polar surface area (TPSA) is 30.9 Å². The Hall–Kier alpha value is -0.550. The van der Waals surface area contributed by atoms with Crippen molar-refractivity contribution in [3.8, 4) is 0 Å². The third-order valence-corrected chi connectivity index (χ3v) is 3.66. The number of alkyl halides is 3. The second kappa shape index (κ2) is 11.1. The monoisotopic (exact) mass is 522 g/mol. The summed E-state index contributed by atoms with van der Waals surface area (Å²) in [6, 6.07) is 7.94. The highest BCUT2D eigenvalue weighted by Gasteiger charge is 2.28. The van der Waals surface area contributed by atoms with E-state index in [1.54, 1.807) is 7.05 Å². The maximum atomic E-state index is 12.3. The Kier molecular flexibility index (Phi) is 10.9. The molecule has 0 atom stereocenters. The lowest BCUT2D eigenvalue weighted by atomic mass is 10.2. The third kappa shape index (κ3) is 9.67. The van der Waals surface area contributed by atoms with Gasteiger partial charge in [0.1, 0.15) is 0 Å². The summed E-state index contributed by atoms with van der Waals surface area (Å²) in [6.07, 6.45) is -4.17. The van der Waals surface area contributed by atoms with E-state index in [1.165, 1.54) is 11.9 Å². The molecule has 0 saturated carbocycles. The molecular weight excluding hydrogens is 500 g/mol. The van der Waals surface area contributed by atoms with Gasteiger partial charge in [0, 0.05) is 38.2 Å². The molecule has 9 heteroatoms. The molecule has 0 saturated heterocycles. The van der Waals surface area contributed by atoms with Gasteiger partial charge in [-0.05, 0) is 24.7 Å². The molecule has 0 bridgehead atoms. The maximum absolute atomic E-state index is 12.3. The van der Waals surface area contributed by atoms with Crippen molar-refractivity contribution in [3.05, 3.63) is 34.3 Å². The lowest BCUT2D eigenvalue weighted by molar-refractivity contribution is -0.142. The number of rotatable bonds is 6. The normalized spacial score (nSPS) is 12.1. The number of benzene rings is 1. The van der Waals surface area contributed by atoms with E-state index in [0.717, 1.165) is 10.0 Å². The van der Waals surface area contributed by atoms with Crippen LogP contribution < -0.4 is 5.32 Å². The minimum Gasteiger partial charge on any atom is -0.355 e. The quantitative estimate of drug-likeness (QED) is 0.352. The second-order valence-electron chi connectivity index (χ2n) is 5.31. The Balaban J connectivity index is 0.00000529. The minimum absolute atomic E-state index is 0. The lowest BCUT2D eigenvalue weighted by Crippen LogP contribution is -2.43. The van der Waals surface area contributed by atoms with Crippen molar-refractivity contribution < 1.29 is 13.2 Å². The molecule has 1 aromatic rings. The first-order chi connectivity index (χ1) is 10.7. The zero-order chi connectivity index (χ0) is 17.5. The van der Waals surface area contributed by atoms with Crippen LogP contribution in [0, 0.1) is 0 Å². The standard InChI is InChI=1S/C15H22BrF3N4.HI/c1-20-14(21-8-9-22(2)11-15(17,18)19)23(3)10-12-4-6-13(16)7-5-12;/h4-7H,8-11H2,1-3H3,(H,20,21);1H. The van der Waals surface area contributed by atoms with Crippen LogP contribution in [0.4, 0.5) is 13.2 Å². The van der Waals surface area contributed by atoms with Gasteiger partial charge >= 0.3 is 6.18 Å². The molecule has 0 aliphatic heterocycles. The Morgan fingerprint density at radius 1 is 1.21 bits per heavy atom. The van der Waals surface area contributed by atoms with Gasteiger partial charge in [-0.1, -0.05) is 28.1 Å². The molecule has 0 spiro atoms. The first kappa shape index (κ1) is 23.4. The molecule has 0 radical (unpaired) electrons. The molecule has 24 heavy (non-hydrogen) atoms. The van der Waals surface area contributed by atoms with Gasteiger partial charge in [0.05, 0.1) is 6.54 Å². The molecule has 0 aliphatic carbocycles. The van der Waals surface area contributed by atoms with Gasteiger partial charge in [0.25, 0.3) is 0 Å². The number of nitrogens with zero attached hydrogens (tertiary/aromatic N) is 3. The van der Waals surface area contributed by atoms with Crippen molar-refractivity contribution in [1.82, 2.24) is 15.1 Å². The van der Waals surface area contributed by atoms with Crippen LogP contribution in [0.25, 0.3) is 0 Å². The molecule has 0 heterocycles. The van der Waals surface area contributed by atoms with E-state index in [2.05, 4.69) is 26.2 Å². The molecule has 0 aromatic heterocycles. The van der Waals surface area contributed by atoms with Crippen LogP contribution in [0.5, 0.6) is 0 Å². The maximum Gasteiger partial charge on any atom is 0.401 e. The number of guanidine groups is 1. The lowest BCUT2D eigenvalue weighted by Gasteiger charge is -2.24. The second-order valence-corrected chi connectivity index (χ2v) is 6.23. The van der Waals surface area contributed by atoms with E-state index < -0.39 is 12.7 Å². The van der Waals surface area contributed by atoms with Gasteiger partial charge in [-0.2, -0.15) is 13.2 Å². The van der Waals surface area contributed by atoms with E-state index in [0.29, 0.717) is 19.0 Å². The van der Waals surface area contributed by atoms with Crippen molar-refractivity contribution in [1.29, 1.82) is 0 Å². The molecule has 0 amide bonds. The molecule has 4 nitrogen and oxygen atoms in total. The summed E-state index contributed by atoms with van der Waals surface area (Å²) in [5.74, 6) is 0.647. The van der Waals surface area contributed by atoms with E-state index in [4.69, 9.17) is 0 Å². The van der Waals surface area contributed by atoms with E-state index in [-0.39, 0.29) is 30.5 Å². The molecule has 1 N–H and O–H groups in total. The summed E-state index contributed by atoms with van der Waals surface area (Å²) in [7, 11) is 4.99. The van der Waals surface area contributed by atoms with Gasteiger partial charge in [0.2, 0.25) is 0 Å². The first-order valence-electron chi connectivity index (χ1n) is 7.13. The third-order valence-electron chi connectivity index (χ3n) is 3.13. The number of hydrogen-bond acceptors (Lipinski definition) is 2. The number of nitrogens with one attached hydrogen (secondary N) is 1. The zero-order valence-electron chi connectivity index (χ0n) is 13.9. The largest absolute Gasteiger partial charge is 0.401 e. The highest BCUT2D eigenvalue weighted by atomic mass is 127. The number of aliphatic imine (C=N–C) groups is 1. The van der Waals surface area contributed by atoms with Crippen LogP contribution in [0.1, 0.15) is 5.56 Å². The fraction of sp³-hybridized carbons (Fsp3) is 0.533. The number of likely N-dealkylation sites (N-methyl/N-ethyl adjacent to an activating group) is 1. The Bertz CT molecular complexity index is 508. The molecule has 0 unspecified atom stereocenters. The zero-order valence-corrected chi connectivity index (χ0v) is 17.8. The summed E-state index contributed by atoms with van der Waals surface area (Å²) in [4.78, 5) is 7.31. The predicted octanol–water partition coefficient (Wildman–Crippen LogP) is 3.57. The fourth-order valence-electron chi connectivity index (χ4n) is 2.07. The van der Waals surface area contributed by atoms with Crippen molar-refractivity contribution in [2.45, 2.75) is 12.7 Å². The van der Waals surface area contributed by atoms with Crippen LogP contribution in [0.3, 0.4) is 0 Å². The van der Waals surface area contributed by atoms with Gasteiger partial charge in [0.15, 0.2) is 5.96 Å². The van der Waals surface area contributed by atoms with Crippen LogP contribution in [0.2, 0.25) is 0 Å². The summed E-state index contributed by atoms with van der Waals surface area (Å²) < 4.78 is 37.8. The average molecular weight is 523 g/mol. The first-order valence-corrected chi connectivity index (χ1v) is 7.92. The van der Waals surface area contributed by atoms with Gasteiger partial charge in [-0.3, -0.25) is 9.89 Å². The Labute approximate surface area is 166 Å². The van der Waals surface area contributed by atoms with E-state index in [1.807, 2.05) is 36.2 Å². The summed E-state index contributed by atoms with van der Waals surface area (Å²) >= 11 is 3.39. The van der Waals surface area contributed by atoms with Gasteiger partial charge in [-0.25, -0.2) is 0 Å². The highest BCUT2D eigenvalue weighted by molar-refractivity contribution is 14.0. The SMILES string of the molecule is CN=C(NCCN(C)CC(F)(F)F)N(C)Cc1ccc(Br)cc1.I. The molecular formula is C15H23BrF3IN4. The predicted molar refractivity (Wildman–Crippen MR) is 106 cm³/mol. The van der Waals surface area contributed by atoms with Gasteiger partial charge in [-0.15, -0.1) is 24.0 Å². The smallest absolute Gasteiger partial charge is 0.355 e. The Morgan fingerprint density at radius 2 is 1.79 bits per heavy atom. The Morgan fingerprint density at radius 3 is 2.29 bits per heavy atom. The molecule has 138 valence electrons. The summed E-state index contributed by atoms with van der Waals surface area (Å²) in [5, 5.41) is 3.08. The minimum atomic E-state index is -4.17. The molecule has 1 rings (SSSR count). The highest BCUT2D eigenvalue weighted by Crippen LogP contribution is 2.15. The average Bonchev–Trinajstić information content (AvgIpc) is 2.44. The molecule has 0 aliphatic rings. The molecule has 0 fully saturated rings. The van der Waals surface area contributed by atoms with Crippen LogP contribution in [-0.4, -0.2) is 62.7 Å². The van der Waals surface area contributed by atoms with Crippen LogP contribution >= 0.6 is 39.9 Å². The summed E-state index contributed by atoms with van der Waals surface area (Å²) in [6.45, 7) is 0.419. The van der Waals surface area contributed by atoms with Crippen LogP contribution in [0.15, 0.2) is 33.7 Å². The number of hydrogen-bond donors (Lipinski definition) is 1. The number of halogens is 5. The van der Waals surface area contributed by atoms with E-state index in [9.17, 15) is 13.2 Å². The van der Waals surface area contributed by atoms with Crippen molar-refractivity contribution >= 4 is 45.9 Å². The van der Waals surface area contributed by atoms with E-state index >= 15 is 0 Å². The van der Waals surface area contributed by atoms with Crippen molar-refractivity contribution in [2.75, 3.05) is 40.8 Å². The van der Waals surface area contributed by atoms with Crippen molar-refractivity contribution in [2.24, 2.45) is 4.99 Å².